The third-order valence-corrected chi connectivity index (χ3v) is 8.44. The molecule has 0 amide bonds. The molecule has 7 aromatic rings. The van der Waals surface area contributed by atoms with Crippen LogP contribution in [0.5, 0.6) is 0 Å². The summed E-state index contributed by atoms with van der Waals surface area (Å²) in [6.07, 6.45) is 0. The van der Waals surface area contributed by atoms with Gasteiger partial charge in [-0.1, -0.05) is 78.9 Å². The highest BCUT2D eigenvalue weighted by molar-refractivity contribution is 7.00. The van der Waals surface area contributed by atoms with Crippen LogP contribution in [-0.2, 0) is 0 Å². The number of fused-ring (bicyclic) bond motifs is 7. The predicted octanol–water partition coefficient (Wildman–Crippen LogP) is 7.67. The van der Waals surface area contributed by atoms with Crippen LogP contribution in [0.3, 0.4) is 0 Å². The van der Waals surface area contributed by atoms with Crippen LogP contribution in [0, 0.1) is 0 Å². The Morgan fingerprint density at radius 2 is 1.00 bits per heavy atom. The van der Waals surface area contributed by atoms with Crippen molar-refractivity contribution in [1.29, 1.82) is 0 Å². The zero-order valence-electron chi connectivity index (χ0n) is 21.7. The molecule has 3 heterocycles. The summed E-state index contributed by atoms with van der Waals surface area (Å²) in [4.78, 5) is 4.83. The van der Waals surface area contributed by atoms with Gasteiger partial charge in [-0.05, 0) is 71.0 Å². The van der Waals surface area contributed by atoms with Crippen molar-refractivity contribution in [2.45, 2.75) is 0 Å². The summed E-state index contributed by atoms with van der Waals surface area (Å²) in [6.45, 7) is 0.143. The van der Waals surface area contributed by atoms with Crippen LogP contribution in [0.4, 0.5) is 34.1 Å². The van der Waals surface area contributed by atoms with Gasteiger partial charge >= 0.3 is 0 Å². The van der Waals surface area contributed by atoms with Gasteiger partial charge in [-0.2, -0.15) is 0 Å². The molecular formula is C36H23BN2O. The Morgan fingerprint density at radius 3 is 1.75 bits per heavy atom. The molecule has 0 saturated heterocycles. The third-order valence-electron chi connectivity index (χ3n) is 8.44. The van der Waals surface area contributed by atoms with E-state index in [1.165, 1.54) is 39.1 Å². The van der Waals surface area contributed by atoms with Crippen molar-refractivity contribution in [3.63, 3.8) is 0 Å². The smallest absolute Gasteiger partial charge is 0.252 e. The van der Waals surface area contributed by atoms with Gasteiger partial charge in [-0.3, -0.25) is 0 Å². The van der Waals surface area contributed by atoms with Gasteiger partial charge in [0.05, 0.1) is 0 Å². The fraction of sp³-hybridized carbons (Fsp3) is 0. The summed E-state index contributed by atoms with van der Waals surface area (Å²) >= 11 is 0. The normalized spacial score (nSPS) is 13.3. The Bertz CT molecular complexity index is 2100. The molecule has 9 rings (SSSR count). The molecule has 0 radical (unpaired) electrons. The van der Waals surface area contributed by atoms with Crippen molar-refractivity contribution >= 4 is 79.2 Å². The number of anilines is 6. The predicted molar refractivity (Wildman–Crippen MR) is 168 cm³/mol. The lowest BCUT2D eigenvalue weighted by atomic mass is 9.33. The summed E-state index contributed by atoms with van der Waals surface area (Å²) in [5.74, 6) is 0. The monoisotopic (exact) mass is 510 g/mol. The molecule has 0 aliphatic carbocycles. The average Bonchev–Trinajstić information content (AvgIpc) is 3.39. The van der Waals surface area contributed by atoms with E-state index < -0.39 is 0 Å². The molecule has 2 aliphatic heterocycles. The van der Waals surface area contributed by atoms with E-state index in [2.05, 4.69) is 137 Å². The van der Waals surface area contributed by atoms with Gasteiger partial charge in [0.25, 0.3) is 6.71 Å². The Kier molecular flexibility index (Phi) is 4.41. The molecule has 0 unspecified atom stereocenters. The van der Waals surface area contributed by atoms with Crippen LogP contribution in [-0.4, -0.2) is 6.71 Å². The topological polar surface area (TPSA) is 19.6 Å². The van der Waals surface area contributed by atoms with Crippen molar-refractivity contribution in [1.82, 2.24) is 0 Å². The van der Waals surface area contributed by atoms with E-state index in [1.54, 1.807) is 0 Å². The van der Waals surface area contributed by atoms with Crippen molar-refractivity contribution in [2.75, 3.05) is 9.80 Å². The molecule has 40 heavy (non-hydrogen) atoms. The maximum atomic E-state index is 6.32. The van der Waals surface area contributed by atoms with E-state index >= 15 is 0 Å². The van der Waals surface area contributed by atoms with Crippen LogP contribution < -0.4 is 26.2 Å². The van der Waals surface area contributed by atoms with Crippen LogP contribution in [0.15, 0.2) is 144 Å². The number of hydrogen-bond acceptors (Lipinski definition) is 3. The standard InChI is InChI=1S/C36H23BN2O/c1-2-11-24(12-3-1)38-30-16-7-5-14-28(30)37-29-15-6-8-17-31(29)39(33-19-10-18-32(38)36(33)37)25-21-22-27-26-13-4-9-20-34(26)40-35(27)23-25/h1-23H. The van der Waals surface area contributed by atoms with Crippen LogP contribution in [0.1, 0.15) is 0 Å². The highest BCUT2D eigenvalue weighted by atomic mass is 16.3. The number of nitrogens with zero attached hydrogens (tertiary/aromatic N) is 2. The highest BCUT2D eigenvalue weighted by Crippen LogP contribution is 2.44. The number of furan rings is 1. The van der Waals surface area contributed by atoms with E-state index in [0.29, 0.717) is 0 Å². The molecule has 0 fully saturated rings. The molecular weight excluding hydrogens is 487 g/mol. The molecule has 1 aromatic heterocycles. The minimum absolute atomic E-state index is 0.143. The summed E-state index contributed by atoms with van der Waals surface area (Å²) in [5.41, 5.74) is 12.9. The van der Waals surface area contributed by atoms with Gasteiger partial charge < -0.3 is 14.2 Å². The Balaban J connectivity index is 1.33. The molecule has 6 aromatic carbocycles. The minimum atomic E-state index is 0.143. The largest absolute Gasteiger partial charge is 0.456 e. The van der Waals surface area contributed by atoms with E-state index in [0.717, 1.165) is 33.3 Å². The number of hydrogen-bond donors (Lipinski definition) is 0. The van der Waals surface area contributed by atoms with Gasteiger partial charge in [0, 0.05) is 51.0 Å². The molecule has 4 heteroatoms. The van der Waals surface area contributed by atoms with Crippen molar-refractivity contribution in [3.05, 3.63) is 140 Å². The van der Waals surface area contributed by atoms with Gasteiger partial charge in [0.15, 0.2) is 0 Å². The molecule has 0 atom stereocenters. The minimum Gasteiger partial charge on any atom is -0.456 e. The van der Waals surface area contributed by atoms with E-state index in [-0.39, 0.29) is 6.71 Å². The molecule has 186 valence electrons. The van der Waals surface area contributed by atoms with E-state index in [4.69, 9.17) is 4.42 Å². The highest BCUT2D eigenvalue weighted by Gasteiger charge is 2.42. The summed E-state index contributed by atoms with van der Waals surface area (Å²) in [5, 5.41) is 2.29. The Morgan fingerprint density at radius 1 is 0.425 bits per heavy atom. The first-order chi connectivity index (χ1) is 19.9. The van der Waals surface area contributed by atoms with Gasteiger partial charge in [-0.15, -0.1) is 0 Å². The molecule has 3 nitrogen and oxygen atoms in total. The van der Waals surface area contributed by atoms with Crippen LogP contribution in [0.25, 0.3) is 21.9 Å². The lowest BCUT2D eigenvalue weighted by molar-refractivity contribution is 0.669. The summed E-state index contributed by atoms with van der Waals surface area (Å²) in [6, 6.07) is 50.0. The first-order valence-corrected chi connectivity index (χ1v) is 13.7. The number of rotatable bonds is 2. The molecule has 0 bridgehead atoms. The molecule has 0 saturated carbocycles. The quantitative estimate of drug-likeness (QED) is 0.223. The lowest BCUT2D eigenvalue weighted by Crippen LogP contribution is -2.61. The lowest BCUT2D eigenvalue weighted by Gasteiger charge is -2.44. The van der Waals surface area contributed by atoms with Gasteiger partial charge in [0.1, 0.15) is 11.2 Å². The van der Waals surface area contributed by atoms with E-state index in [1.807, 2.05) is 12.1 Å². The summed E-state index contributed by atoms with van der Waals surface area (Å²) < 4.78 is 6.32. The van der Waals surface area contributed by atoms with Gasteiger partial charge in [-0.25, -0.2) is 0 Å². The zero-order valence-corrected chi connectivity index (χ0v) is 21.7. The van der Waals surface area contributed by atoms with Crippen LogP contribution >= 0.6 is 0 Å². The fourth-order valence-electron chi connectivity index (χ4n) is 6.82. The maximum absolute atomic E-state index is 6.32. The second-order valence-corrected chi connectivity index (χ2v) is 10.5. The van der Waals surface area contributed by atoms with Crippen LogP contribution in [0.2, 0.25) is 0 Å². The SMILES string of the molecule is c1ccc(N2c3ccccc3B3c4ccccc4N(c4ccc5c(c4)oc4ccccc45)c4cccc2c43)cc1. The summed E-state index contributed by atoms with van der Waals surface area (Å²) in [7, 11) is 0. The first-order valence-electron chi connectivity index (χ1n) is 13.7. The molecule has 2 aliphatic rings. The molecule has 0 N–H and O–H groups in total. The number of para-hydroxylation sites is 4. The van der Waals surface area contributed by atoms with Crippen molar-refractivity contribution in [3.8, 4) is 0 Å². The maximum Gasteiger partial charge on any atom is 0.252 e. The Labute approximate surface area is 232 Å². The zero-order chi connectivity index (χ0) is 26.2. The number of benzene rings is 6. The average molecular weight is 510 g/mol. The van der Waals surface area contributed by atoms with Gasteiger partial charge in [0.2, 0.25) is 0 Å². The fourth-order valence-corrected chi connectivity index (χ4v) is 6.82. The first kappa shape index (κ1) is 21.7. The second kappa shape index (κ2) is 8.14. The third kappa shape index (κ3) is 2.90. The van der Waals surface area contributed by atoms with Crippen molar-refractivity contribution < 1.29 is 4.42 Å². The molecule has 0 spiro atoms. The van der Waals surface area contributed by atoms with Crippen molar-refractivity contribution in [2.24, 2.45) is 0 Å². The second-order valence-electron chi connectivity index (χ2n) is 10.5. The van der Waals surface area contributed by atoms with E-state index in [9.17, 15) is 0 Å². The Hall–Kier alpha value is -5.22.